The first-order valence-corrected chi connectivity index (χ1v) is 9.54. The Morgan fingerprint density at radius 3 is 2.35 bits per heavy atom. The molecule has 2 N–H and O–H groups in total. The van der Waals surface area contributed by atoms with Gasteiger partial charge in [-0.25, -0.2) is 13.6 Å². The second-order valence-corrected chi connectivity index (χ2v) is 9.27. The summed E-state index contributed by atoms with van der Waals surface area (Å²) < 4.78 is 34.1. The number of benzene rings is 1. The van der Waals surface area contributed by atoms with Crippen molar-refractivity contribution in [1.29, 1.82) is 0 Å². The van der Waals surface area contributed by atoms with Gasteiger partial charge in [-0.15, -0.1) is 0 Å². The van der Waals surface area contributed by atoms with Crippen molar-refractivity contribution >= 4 is 20.8 Å². The molecule has 0 aliphatic carbocycles. The average molecular weight is 317 g/mol. The van der Waals surface area contributed by atoms with E-state index in [1.165, 1.54) is 0 Å². The summed E-state index contributed by atoms with van der Waals surface area (Å²) in [4.78, 5) is 0.784. The number of sulfonamides is 1. The first-order valence-electron chi connectivity index (χ1n) is 6.51. The van der Waals surface area contributed by atoms with Crippen molar-refractivity contribution in [3.8, 4) is 0 Å². The normalized spacial score (nSPS) is 14.2. The van der Waals surface area contributed by atoms with Gasteiger partial charge in [0, 0.05) is 10.6 Å². The van der Waals surface area contributed by atoms with E-state index in [9.17, 15) is 12.6 Å². The number of rotatable bonds is 5. The molecule has 1 unspecified atom stereocenters. The van der Waals surface area contributed by atoms with Crippen molar-refractivity contribution in [2.45, 2.75) is 44.4 Å². The van der Waals surface area contributed by atoms with Crippen molar-refractivity contribution in [3.63, 3.8) is 0 Å². The Bertz CT molecular complexity index is 601. The Hall–Kier alpha value is -0.720. The average Bonchev–Trinajstić information content (AvgIpc) is 2.25. The summed E-state index contributed by atoms with van der Waals surface area (Å²) in [6.07, 6.45) is 0.310. The van der Waals surface area contributed by atoms with E-state index in [2.05, 4.69) is 20.8 Å². The predicted octanol–water partition coefficient (Wildman–Crippen LogP) is 2.08. The fourth-order valence-electron chi connectivity index (χ4n) is 1.81. The molecule has 1 atom stereocenters. The number of primary sulfonamides is 1. The van der Waals surface area contributed by atoms with Gasteiger partial charge in [0.05, 0.1) is 16.6 Å². The maximum atomic E-state index is 12.3. The third-order valence-electron chi connectivity index (χ3n) is 3.06. The quantitative estimate of drug-likeness (QED) is 0.903. The molecule has 0 bridgehead atoms. The molecule has 0 saturated carbocycles. The molecule has 0 aromatic heterocycles. The highest BCUT2D eigenvalue weighted by Gasteiger charge is 2.17. The monoisotopic (exact) mass is 317 g/mol. The Labute approximate surface area is 124 Å². The Kier molecular flexibility index (Phi) is 5.52. The number of aryl methyl sites for hydroxylation is 1. The smallest absolute Gasteiger partial charge is 0.209 e. The first kappa shape index (κ1) is 17.3. The van der Waals surface area contributed by atoms with Crippen LogP contribution >= 0.6 is 0 Å². The van der Waals surface area contributed by atoms with Crippen molar-refractivity contribution in [2.75, 3.05) is 11.5 Å². The lowest BCUT2D eigenvalue weighted by atomic mass is 9.87. The molecule has 0 radical (unpaired) electrons. The van der Waals surface area contributed by atoms with Gasteiger partial charge in [0.1, 0.15) is 0 Å². The van der Waals surface area contributed by atoms with E-state index in [-0.39, 0.29) is 11.2 Å². The summed E-state index contributed by atoms with van der Waals surface area (Å²) in [5, 5.41) is 4.94. The predicted molar refractivity (Wildman–Crippen MR) is 83.7 cm³/mol. The summed E-state index contributed by atoms with van der Waals surface area (Å²) in [6, 6.07) is 5.97. The minimum absolute atomic E-state index is 0.00670. The van der Waals surface area contributed by atoms with Gasteiger partial charge in [-0.2, -0.15) is 0 Å². The van der Waals surface area contributed by atoms with Gasteiger partial charge in [-0.3, -0.25) is 4.21 Å². The minimum atomic E-state index is -3.48. The zero-order valence-corrected chi connectivity index (χ0v) is 14.1. The largest absolute Gasteiger partial charge is 0.254 e. The highest BCUT2D eigenvalue weighted by Crippen LogP contribution is 2.26. The summed E-state index contributed by atoms with van der Waals surface area (Å²) in [7, 11) is -4.67. The van der Waals surface area contributed by atoms with Crippen LogP contribution in [-0.2, 0) is 26.2 Å². The maximum absolute atomic E-state index is 12.3. The van der Waals surface area contributed by atoms with Crippen LogP contribution in [0.25, 0.3) is 0 Å². The zero-order valence-electron chi connectivity index (χ0n) is 12.5. The molecule has 0 saturated heterocycles. The van der Waals surface area contributed by atoms with E-state index < -0.39 is 20.8 Å². The summed E-state index contributed by atoms with van der Waals surface area (Å²) in [5.74, 6) is 0.182. The van der Waals surface area contributed by atoms with E-state index in [1.807, 2.05) is 25.1 Å². The molecule has 0 spiro atoms. The summed E-state index contributed by atoms with van der Waals surface area (Å²) in [6.45, 7) is 8.22. The molecule has 0 heterocycles. The summed E-state index contributed by atoms with van der Waals surface area (Å²) >= 11 is 0. The number of nitrogens with two attached hydrogens (primary N) is 1. The lowest BCUT2D eigenvalue weighted by Crippen LogP contribution is -2.18. The molecule has 1 aromatic carbocycles. The van der Waals surface area contributed by atoms with Crippen LogP contribution in [-0.4, -0.2) is 24.1 Å². The molecule has 4 nitrogen and oxygen atoms in total. The van der Waals surface area contributed by atoms with E-state index in [1.54, 1.807) is 0 Å². The highest BCUT2D eigenvalue weighted by molar-refractivity contribution is 7.89. The Morgan fingerprint density at radius 2 is 1.85 bits per heavy atom. The molecular weight excluding hydrogens is 294 g/mol. The minimum Gasteiger partial charge on any atom is -0.254 e. The zero-order chi connectivity index (χ0) is 15.6. The molecule has 1 rings (SSSR count). The van der Waals surface area contributed by atoms with Crippen LogP contribution in [0.15, 0.2) is 23.1 Å². The second kappa shape index (κ2) is 6.37. The number of hydrogen-bond acceptors (Lipinski definition) is 3. The van der Waals surface area contributed by atoms with Crippen LogP contribution in [0.5, 0.6) is 0 Å². The van der Waals surface area contributed by atoms with Crippen LogP contribution in [0.3, 0.4) is 0 Å². The fraction of sp³-hybridized carbons (Fsp3) is 0.571. The van der Waals surface area contributed by atoms with Crippen LogP contribution in [0, 0.1) is 6.92 Å². The van der Waals surface area contributed by atoms with Gasteiger partial charge in [0.25, 0.3) is 0 Å². The van der Waals surface area contributed by atoms with Gasteiger partial charge >= 0.3 is 0 Å². The number of hydrogen-bond donors (Lipinski definition) is 1. The molecule has 6 heteroatoms. The van der Waals surface area contributed by atoms with Crippen LogP contribution < -0.4 is 5.14 Å². The highest BCUT2D eigenvalue weighted by atomic mass is 32.2. The van der Waals surface area contributed by atoms with Gasteiger partial charge in [0.2, 0.25) is 10.0 Å². The van der Waals surface area contributed by atoms with Crippen molar-refractivity contribution in [1.82, 2.24) is 0 Å². The topological polar surface area (TPSA) is 77.2 Å². The molecular formula is C14H23NO3S2. The standard InChI is InChI=1S/C14H23NO3S2/c1-11-6-7-12(14(2,3)4)10-13(11)19(16)8-5-9-20(15,17)18/h6-7,10H,5,8-9H2,1-4H3,(H2,15,17,18). The third kappa shape index (κ3) is 5.34. The maximum Gasteiger partial charge on any atom is 0.209 e. The van der Waals surface area contributed by atoms with E-state index in [0.717, 1.165) is 16.0 Å². The van der Waals surface area contributed by atoms with Gasteiger partial charge in [-0.1, -0.05) is 32.9 Å². The molecule has 114 valence electrons. The SMILES string of the molecule is Cc1ccc(C(C)(C)C)cc1S(=O)CCCS(N)(=O)=O. The van der Waals surface area contributed by atoms with Crippen molar-refractivity contribution in [2.24, 2.45) is 5.14 Å². The van der Waals surface area contributed by atoms with Gasteiger partial charge in [0.15, 0.2) is 0 Å². The van der Waals surface area contributed by atoms with E-state index >= 15 is 0 Å². The molecule has 20 heavy (non-hydrogen) atoms. The first-order chi connectivity index (χ1) is 9.00. The molecule has 1 aromatic rings. The second-order valence-electron chi connectivity index (χ2n) is 6.00. The van der Waals surface area contributed by atoms with Crippen LogP contribution in [0.4, 0.5) is 0 Å². The van der Waals surface area contributed by atoms with E-state index in [4.69, 9.17) is 5.14 Å². The van der Waals surface area contributed by atoms with Crippen LogP contribution in [0.2, 0.25) is 0 Å². The van der Waals surface area contributed by atoms with Crippen molar-refractivity contribution in [3.05, 3.63) is 29.3 Å². The molecule has 0 aliphatic heterocycles. The third-order valence-corrected chi connectivity index (χ3v) is 5.51. The Morgan fingerprint density at radius 1 is 1.25 bits per heavy atom. The lowest BCUT2D eigenvalue weighted by molar-refractivity contribution is 0.588. The molecule has 0 amide bonds. The molecule has 0 aliphatic rings. The van der Waals surface area contributed by atoms with Gasteiger partial charge < -0.3 is 0 Å². The Balaban J connectivity index is 2.87. The van der Waals surface area contributed by atoms with Crippen LogP contribution in [0.1, 0.15) is 38.3 Å². The fourth-order valence-corrected chi connectivity index (χ4v) is 3.85. The van der Waals surface area contributed by atoms with E-state index in [0.29, 0.717) is 12.2 Å². The summed E-state index contributed by atoms with van der Waals surface area (Å²) in [5.41, 5.74) is 2.08. The molecule has 0 fully saturated rings. The van der Waals surface area contributed by atoms with Gasteiger partial charge in [-0.05, 0) is 36.0 Å². The van der Waals surface area contributed by atoms with Crippen molar-refractivity contribution < 1.29 is 12.6 Å². The lowest BCUT2D eigenvalue weighted by Gasteiger charge is -2.20.